The van der Waals surface area contributed by atoms with Crippen molar-refractivity contribution in [2.24, 2.45) is 5.73 Å². The van der Waals surface area contributed by atoms with Gasteiger partial charge in [-0.1, -0.05) is 13.8 Å². The molecule has 0 atom stereocenters. The number of pyridine rings is 1. The molecule has 0 aliphatic rings. The van der Waals surface area contributed by atoms with Crippen LogP contribution >= 0.6 is 11.8 Å². The van der Waals surface area contributed by atoms with Gasteiger partial charge in [0, 0.05) is 17.8 Å². The second-order valence-corrected chi connectivity index (χ2v) is 6.06. The van der Waals surface area contributed by atoms with Crippen LogP contribution < -0.4 is 5.73 Å². The first-order valence-corrected chi connectivity index (χ1v) is 8.11. The summed E-state index contributed by atoms with van der Waals surface area (Å²) in [7, 11) is 0. The topological polar surface area (TPSA) is 64.7 Å². The Morgan fingerprint density at radius 3 is 2.38 bits per heavy atom. The fraction of sp³-hybridized carbons (Fsp3) is 0.438. The van der Waals surface area contributed by atoms with Crippen molar-refractivity contribution >= 4 is 11.8 Å². The first kappa shape index (κ1) is 15.9. The Morgan fingerprint density at radius 2 is 1.81 bits per heavy atom. The number of nitrogens with zero attached hydrogens (tertiary/aromatic N) is 3. The second-order valence-electron chi connectivity index (χ2n) is 5.05. The van der Waals surface area contributed by atoms with Crippen LogP contribution in [0.1, 0.15) is 41.9 Å². The van der Waals surface area contributed by atoms with Crippen LogP contribution in [-0.4, -0.2) is 15.2 Å². The molecule has 2 aromatic heterocycles. The van der Waals surface area contributed by atoms with Gasteiger partial charge in [0.1, 0.15) is 10.1 Å². The third kappa shape index (κ3) is 3.60. The minimum absolute atomic E-state index is 0.485. The smallest absolute Gasteiger partial charge is 0.130 e. The molecule has 0 saturated carbocycles. The average molecular weight is 302 g/mol. The summed E-state index contributed by atoms with van der Waals surface area (Å²) in [6.45, 7) is 8.80. The molecule has 2 N–H and O–H groups in total. The van der Waals surface area contributed by atoms with E-state index in [1.54, 1.807) is 11.8 Å². The number of rotatable bonds is 5. The van der Waals surface area contributed by atoms with Crippen LogP contribution in [-0.2, 0) is 19.4 Å². The lowest BCUT2D eigenvalue weighted by molar-refractivity contribution is 0.781. The fourth-order valence-electron chi connectivity index (χ4n) is 2.48. The Morgan fingerprint density at radius 1 is 1.05 bits per heavy atom. The zero-order valence-electron chi connectivity index (χ0n) is 13.1. The van der Waals surface area contributed by atoms with Crippen molar-refractivity contribution in [2.45, 2.75) is 57.1 Å². The average Bonchev–Trinajstić information content (AvgIpc) is 2.45. The van der Waals surface area contributed by atoms with E-state index in [1.807, 2.05) is 6.92 Å². The van der Waals surface area contributed by atoms with Gasteiger partial charge in [0.25, 0.3) is 0 Å². The third-order valence-corrected chi connectivity index (χ3v) is 4.34. The molecular weight excluding hydrogens is 280 g/mol. The number of aromatic nitrogens is 3. The normalized spacial score (nSPS) is 10.9. The Labute approximate surface area is 130 Å². The van der Waals surface area contributed by atoms with Gasteiger partial charge in [-0.3, -0.25) is 0 Å². The minimum atomic E-state index is 0.485. The highest BCUT2D eigenvalue weighted by Gasteiger charge is 2.15. The molecule has 0 unspecified atom stereocenters. The standard InChI is InChI=1S/C16H22N4S/c1-5-12-13(9-17)16(20-19-14(12)6-2)21-15-8-10(3)7-11(4)18-15/h7-8H,5-6,9,17H2,1-4H3. The molecule has 2 aromatic rings. The Balaban J connectivity index is 2.44. The van der Waals surface area contributed by atoms with Gasteiger partial charge in [-0.15, -0.1) is 5.10 Å². The van der Waals surface area contributed by atoms with Crippen molar-refractivity contribution in [1.82, 2.24) is 15.2 Å². The van der Waals surface area contributed by atoms with Crippen LogP contribution in [0.25, 0.3) is 0 Å². The molecule has 0 fully saturated rings. The predicted octanol–water partition coefficient (Wildman–Crippen LogP) is 3.22. The van der Waals surface area contributed by atoms with Gasteiger partial charge in [0.05, 0.1) is 5.69 Å². The second kappa shape index (κ2) is 7.00. The first-order chi connectivity index (χ1) is 10.1. The molecule has 0 aliphatic heterocycles. The van der Waals surface area contributed by atoms with Crippen LogP contribution in [0.3, 0.4) is 0 Å². The van der Waals surface area contributed by atoms with E-state index in [2.05, 4.69) is 48.1 Å². The largest absolute Gasteiger partial charge is 0.326 e. The fourth-order valence-corrected chi connectivity index (χ4v) is 3.52. The summed E-state index contributed by atoms with van der Waals surface area (Å²) in [6.07, 6.45) is 1.81. The monoisotopic (exact) mass is 302 g/mol. The molecule has 21 heavy (non-hydrogen) atoms. The number of aryl methyl sites for hydroxylation is 3. The molecule has 0 saturated heterocycles. The lowest BCUT2D eigenvalue weighted by Gasteiger charge is -2.13. The Hall–Kier alpha value is -1.46. The molecule has 0 aliphatic carbocycles. The quantitative estimate of drug-likeness (QED) is 0.918. The molecule has 0 radical (unpaired) electrons. The van der Waals surface area contributed by atoms with Gasteiger partial charge in [-0.2, -0.15) is 5.10 Å². The lowest BCUT2D eigenvalue weighted by Crippen LogP contribution is -2.10. The Bertz CT molecular complexity index is 620. The number of nitrogens with two attached hydrogens (primary N) is 1. The van der Waals surface area contributed by atoms with Crippen LogP contribution in [0, 0.1) is 13.8 Å². The van der Waals surface area contributed by atoms with Crippen LogP contribution in [0.5, 0.6) is 0 Å². The van der Waals surface area contributed by atoms with E-state index in [0.29, 0.717) is 6.54 Å². The predicted molar refractivity (Wildman–Crippen MR) is 86.5 cm³/mol. The SMILES string of the molecule is CCc1nnc(Sc2cc(C)cc(C)n2)c(CN)c1CC. The molecule has 4 nitrogen and oxygen atoms in total. The zero-order chi connectivity index (χ0) is 15.4. The molecule has 0 amide bonds. The van der Waals surface area contributed by atoms with Crippen molar-refractivity contribution in [3.63, 3.8) is 0 Å². The van der Waals surface area contributed by atoms with Gasteiger partial charge in [0.2, 0.25) is 0 Å². The summed E-state index contributed by atoms with van der Waals surface area (Å²) in [5.41, 5.74) is 11.6. The number of hydrogen-bond acceptors (Lipinski definition) is 5. The molecule has 5 heteroatoms. The van der Waals surface area contributed by atoms with Gasteiger partial charge in [-0.25, -0.2) is 4.98 Å². The highest BCUT2D eigenvalue weighted by molar-refractivity contribution is 7.99. The van der Waals surface area contributed by atoms with Crippen molar-refractivity contribution in [3.8, 4) is 0 Å². The molecule has 0 aromatic carbocycles. The summed E-state index contributed by atoms with van der Waals surface area (Å²) in [6, 6.07) is 4.14. The molecule has 0 spiro atoms. The summed E-state index contributed by atoms with van der Waals surface area (Å²) >= 11 is 1.55. The van der Waals surface area contributed by atoms with E-state index < -0.39 is 0 Å². The molecule has 0 bridgehead atoms. The molecule has 112 valence electrons. The summed E-state index contributed by atoms with van der Waals surface area (Å²) < 4.78 is 0. The molecule has 2 rings (SSSR count). The van der Waals surface area contributed by atoms with Crippen molar-refractivity contribution < 1.29 is 0 Å². The van der Waals surface area contributed by atoms with Gasteiger partial charge in [-0.05, 0) is 61.7 Å². The van der Waals surface area contributed by atoms with Crippen molar-refractivity contribution in [2.75, 3.05) is 0 Å². The summed E-state index contributed by atoms with van der Waals surface area (Å²) in [5, 5.41) is 10.6. The lowest BCUT2D eigenvalue weighted by atomic mass is 10.0. The molecular formula is C16H22N4S. The van der Waals surface area contributed by atoms with E-state index in [0.717, 1.165) is 39.8 Å². The minimum Gasteiger partial charge on any atom is -0.326 e. The van der Waals surface area contributed by atoms with E-state index in [9.17, 15) is 0 Å². The zero-order valence-corrected chi connectivity index (χ0v) is 13.9. The summed E-state index contributed by atoms with van der Waals surface area (Å²) in [5.74, 6) is 0. The third-order valence-electron chi connectivity index (χ3n) is 3.40. The Kier molecular flexibility index (Phi) is 5.31. The highest BCUT2D eigenvalue weighted by Crippen LogP contribution is 2.30. The van der Waals surface area contributed by atoms with E-state index >= 15 is 0 Å². The van der Waals surface area contributed by atoms with Gasteiger partial charge >= 0.3 is 0 Å². The van der Waals surface area contributed by atoms with Crippen LogP contribution in [0.2, 0.25) is 0 Å². The number of hydrogen-bond donors (Lipinski definition) is 1. The maximum atomic E-state index is 5.96. The van der Waals surface area contributed by atoms with Crippen LogP contribution in [0.4, 0.5) is 0 Å². The van der Waals surface area contributed by atoms with E-state index in [1.165, 1.54) is 11.1 Å². The van der Waals surface area contributed by atoms with Gasteiger partial charge < -0.3 is 5.73 Å². The maximum Gasteiger partial charge on any atom is 0.130 e. The van der Waals surface area contributed by atoms with E-state index in [-0.39, 0.29) is 0 Å². The highest BCUT2D eigenvalue weighted by atomic mass is 32.2. The van der Waals surface area contributed by atoms with Crippen molar-refractivity contribution in [1.29, 1.82) is 0 Å². The maximum absolute atomic E-state index is 5.96. The van der Waals surface area contributed by atoms with Crippen molar-refractivity contribution in [3.05, 3.63) is 40.2 Å². The molecule has 2 heterocycles. The van der Waals surface area contributed by atoms with Crippen LogP contribution in [0.15, 0.2) is 22.2 Å². The summed E-state index contributed by atoms with van der Waals surface area (Å²) in [4.78, 5) is 4.56. The van der Waals surface area contributed by atoms with E-state index in [4.69, 9.17) is 5.73 Å². The van der Waals surface area contributed by atoms with Gasteiger partial charge in [0.15, 0.2) is 0 Å². The first-order valence-electron chi connectivity index (χ1n) is 7.29.